The average Bonchev–Trinajstić information content (AvgIpc) is 2.66. The zero-order valence-corrected chi connectivity index (χ0v) is 12.7. The summed E-state index contributed by atoms with van der Waals surface area (Å²) in [5.41, 5.74) is 1.56. The lowest BCUT2D eigenvalue weighted by Gasteiger charge is -2.32. The molecule has 1 aromatic carbocycles. The predicted octanol–water partition coefficient (Wildman–Crippen LogP) is 2.35. The Balaban J connectivity index is 2.05. The van der Waals surface area contributed by atoms with E-state index in [0.29, 0.717) is 5.56 Å². The monoisotopic (exact) mass is 283 g/mol. The molecule has 0 unspecified atom stereocenters. The number of benzene rings is 1. The average molecular weight is 283 g/mol. The Bertz CT molecular complexity index is 696. The Kier molecular flexibility index (Phi) is 3.15. The van der Waals surface area contributed by atoms with Crippen molar-refractivity contribution in [3.8, 4) is 0 Å². The van der Waals surface area contributed by atoms with Gasteiger partial charge in [0.15, 0.2) is 6.29 Å². The maximum Gasteiger partial charge on any atom is 0.494 e. The van der Waals surface area contributed by atoms with E-state index >= 15 is 0 Å². The Morgan fingerprint density at radius 3 is 2.38 bits per heavy atom. The minimum absolute atomic E-state index is 0.380. The molecule has 1 aliphatic heterocycles. The van der Waals surface area contributed by atoms with E-state index in [1.54, 1.807) is 12.3 Å². The Labute approximate surface area is 124 Å². The van der Waals surface area contributed by atoms with Crippen LogP contribution in [0, 0.1) is 0 Å². The molecule has 0 spiro atoms. The van der Waals surface area contributed by atoms with Gasteiger partial charge in [-0.25, -0.2) is 0 Å². The molecule has 4 nitrogen and oxygen atoms in total. The number of pyridine rings is 1. The topological polar surface area (TPSA) is 48.4 Å². The number of nitrogens with zero attached hydrogens (tertiary/aromatic N) is 1. The van der Waals surface area contributed by atoms with E-state index in [1.807, 2.05) is 45.9 Å². The fourth-order valence-electron chi connectivity index (χ4n) is 2.41. The number of aldehydes is 1. The second-order valence-electron chi connectivity index (χ2n) is 6.38. The zero-order chi connectivity index (χ0) is 15.3. The van der Waals surface area contributed by atoms with Crippen molar-refractivity contribution < 1.29 is 14.1 Å². The van der Waals surface area contributed by atoms with Gasteiger partial charge in [0.05, 0.1) is 16.7 Å². The highest BCUT2D eigenvalue weighted by Gasteiger charge is 2.51. The first-order valence-corrected chi connectivity index (χ1v) is 7.03. The van der Waals surface area contributed by atoms with E-state index in [1.165, 1.54) is 0 Å². The van der Waals surface area contributed by atoms with Gasteiger partial charge in [-0.05, 0) is 45.3 Å². The molecule has 0 atom stereocenters. The molecule has 5 heteroatoms. The third kappa shape index (κ3) is 2.26. The summed E-state index contributed by atoms with van der Waals surface area (Å²) in [5, 5.41) is 0.819. The van der Waals surface area contributed by atoms with Crippen LogP contribution in [0.2, 0.25) is 0 Å². The molecule has 1 aromatic heterocycles. The van der Waals surface area contributed by atoms with Gasteiger partial charge in [0.25, 0.3) is 0 Å². The third-order valence-corrected chi connectivity index (χ3v) is 4.45. The van der Waals surface area contributed by atoms with Gasteiger partial charge in [-0.2, -0.15) is 0 Å². The summed E-state index contributed by atoms with van der Waals surface area (Å²) in [6.07, 6.45) is 2.48. The van der Waals surface area contributed by atoms with Crippen LogP contribution in [-0.2, 0) is 9.31 Å². The molecule has 0 amide bonds. The first-order chi connectivity index (χ1) is 9.84. The second-order valence-corrected chi connectivity index (χ2v) is 6.38. The summed E-state index contributed by atoms with van der Waals surface area (Å²) in [6.45, 7) is 8.08. The maximum absolute atomic E-state index is 11.2. The summed E-state index contributed by atoms with van der Waals surface area (Å²) < 4.78 is 12.1. The van der Waals surface area contributed by atoms with E-state index in [-0.39, 0.29) is 11.2 Å². The standard InChI is InChI=1S/C16H18BNO3/c1-15(2)16(3,4)21-17(20-15)12-5-6-14-13(9-12)11(10-19)7-8-18-14/h5-10H,1-4H3. The van der Waals surface area contributed by atoms with Gasteiger partial charge in [-0.3, -0.25) is 9.78 Å². The largest absolute Gasteiger partial charge is 0.494 e. The van der Waals surface area contributed by atoms with Crippen LogP contribution < -0.4 is 5.46 Å². The van der Waals surface area contributed by atoms with E-state index < -0.39 is 7.12 Å². The van der Waals surface area contributed by atoms with Crippen LogP contribution in [0.15, 0.2) is 30.5 Å². The van der Waals surface area contributed by atoms with Crippen LogP contribution >= 0.6 is 0 Å². The predicted molar refractivity (Wildman–Crippen MR) is 82.8 cm³/mol. The van der Waals surface area contributed by atoms with Crippen molar-refractivity contribution >= 4 is 29.8 Å². The van der Waals surface area contributed by atoms with Crippen molar-refractivity contribution in [3.05, 3.63) is 36.0 Å². The molecule has 3 rings (SSSR count). The van der Waals surface area contributed by atoms with Crippen molar-refractivity contribution in [2.45, 2.75) is 38.9 Å². The van der Waals surface area contributed by atoms with Crippen LogP contribution in [0.25, 0.3) is 10.9 Å². The van der Waals surface area contributed by atoms with Gasteiger partial charge in [0.1, 0.15) is 0 Å². The number of aromatic nitrogens is 1. The summed E-state index contributed by atoms with van der Waals surface area (Å²) in [6, 6.07) is 7.46. The van der Waals surface area contributed by atoms with Crippen molar-refractivity contribution in [2.75, 3.05) is 0 Å². The van der Waals surface area contributed by atoms with E-state index in [4.69, 9.17) is 9.31 Å². The molecule has 2 heterocycles. The van der Waals surface area contributed by atoms with E-state index in [9.17, 15) is 4.79 Å². The lowest BCUT2D eigenvalue weighted by molar-refractivity contribution is 0.00578. The number of rotatable bonds is 2. The fourth-order valence-corrected chi connectivity index (χ4v) is 2.41. The molecule has 0 saturated carbocycles. The minimum atomic E-state index is -0.431. The zero-order valence-electron chi connectivity index (χ0n) is 12.7. The highest BCUT2D eigenvalue weighted by atomic mass is 16.7. The van der Waals surface area contributed by atoms with Crippen LogP contribution in [0.4, 0.5) is 0 Å². The molecule has 0 aliphatic carbocycles. The first kappa shape index (κ1) is 14.2. The molecule has 21 heavy (non-hydrogen) atoms. The van der Waals surface area contributed by atoms with Crippen molar-refractivity contribution in [2.24, 2.45) is 0 Å². The summed E-state index contributed by atoms with van der Waals surface area (Å²) in [7, 11) is -0.431. The molecule has 1 fully saturated rings. The molecule has 0 N–H and O–H groups in total. The number of fused-ring (bicyclic) bond motifs is 1. The first-order valence-electron chi connectivity index (χ1n) is 7.03. The fraction of sp³-hybridized carbons (Fsp3) is 0.375. The Morgan fingerprint density at radius 1 is 1.10 bits per heavy atom. The molecule has 1 aliphatic rings. The van der Waals surface area contributed by atoms with Crippen LogP contribution in [-0.4, -0.2) is 29.6 Å². The van der Waals surface area contributed by atoms with Crippen LogP contribution in [0.1, 0.15) is 38.1 Å². The molecule has 108 valence electrons. The quantitative estimate of drug-likeness (QED) is 0.627. The van der Waals surface area contributed by atoms with Crippen molar-refractivity contribution in [1.82, 2.24) is 4.98 Å². The maximum atomic E-state index is 11.2. The van der Waals surface area contributed by atoms with Gasteiger partial charge in [0.2, 0.25) is 0 Å². The molecule has 2 aromatic rings. The number of carbonyl (C=O) groups excluding carboxylic acids is 1. The van der Waals surface area contributed by atoms with Gasteiger partial charge in [-0.1, -0.05) is 12.1 Å². The summed E-state index contributed by atoms with van der Waals surface area (Å²) in [5.74, 6) is 0. The normalized spacial score (nSPS) is 19.9. The molecular formula is C16H18BNO3. The number of hydrogen-bond donors (Lipinski definition) is 0. The summed E-state index contributed by atoms with van der Waals surface area (Å²) in [4.78, 5) is 15.4. The van der Waals surface area contributed by atoms with Crippen LogP contribution in [0.3, 0.4) is 0 Å². The summed E-state index contributed by atoms with van der Waals surface area (Å²) >= 11 is 0. The molecule has 0 bridgehead atoms. The molecular weight excluding hydrogens is 265 g/mol. The lowest BCUT2D eigenvalue weighted by Crippen LogP contribution is -2.41. The lowest BCUT2D eigenvalue weighted by atomic mass is 9.78. The van der Waals surface area contributed by atoms with Crippen molar-refractivity contribution in [3.63, 3.8) is 0 Å². The smallest absolute Gasteiger partial charge is 0.399 e. The Morgan fingerprint density at radius 2 is 1.76 bits per heavy atom. The van der Waals surface area contributed by atoms with Crippen molar-refractivity contribution in [1.29, 1.82) is 0 Å². The Hall–Kier alpha value is -1.72. The highest BCUT2D eigenvalue weighted by Crippen LogP contribution is 2.36. The highest BCUT2D eigenvalue weighted by molar-refractivity contribution is 6.62. The SMILES string of the molecule is CC1(C)OB(c2ccc3nccc(C=O)c3c2)OC1(C)C. The second kappa shape index (κ2) is 4.65. The van der Waals surface area contributed by atoms with Gasteiger partial charge in [0, 0.05) is 17.1 Å². The van der Waals surface area contributed by atoms with E-state index in [2.05, 4.69) is 4.98 Å². The molecule has 1 saturated heterocycles. The molecule has 0 radical (unpaired) electrons. The van der Waals surface area contributed by atoms with Gasteiger partial charge >= 0.3 is 7.12 Å². The third-order valence-electron chi connectivity index (χ3n) is 4.45. The number of hydrogen-bond acceptors (Lipinski definition) is 4. The minimum Gasteiger partial charge on any atom is -0.399 e. The van der Waals surface area contributed by atoms with E-state index in [0.717, 1.165) is 22.7 Å². The number of carbonyl (C=O) groups is 1. The van der Waals surface area contributed by atoms with Gasteiger partial charge in [-0.15, -0.1) is 0 Å². The van der Waals surface area contributed by atoms with Gasteiger partial charge < -0.3 is 9.31 Å². The van der Waals surface area contributed by atoms with Crippen LogP contribution in [0.5, 0.6) is 0 Å².